The van der Waals surface area contributed by atoms with Gasteiger partial charge in [-0.05, 0) is 29.8 Å². The second kappa shape index (κ2) is 10.7. The van der Waals surface area contributed by atoms with Gasteiger partial charge in [-0.3, -0.25) is 4.79 Å². The Bertz CT molecular complexity index is 1020. The quantitative estimate of drug-likeness (QED) is 0.602. The molecule has 9 nitrogen and oxygen atoms in total. The number of hydrogen-bond donors (Lipinski definition) is 1. The molecule has 1 amide bonds. The number of carbonyl (C=O) groups excluding carboxylic acids is 1. The van der Waals surface area contributed by atoms with Gasteiger partial charge >= 0.3 is 0 Å². The van der Waals surface area contributed by atoms with Gasteiger partial charge < -0.3 is 24.4 Å². The van der Waals surface area contributed by atoms with Crippen molar-refractivity contribution in [3.63, 3.8) is 0 Å². The van der Waals surface area contributed by atoms with E-state index in [1.54, 1.807) is 55.5 Å². The molecule has 0 saturated carbocycles. The first-order chi connectivity index (χ1) is 15.3. The molecule has 2 aromatic carbocycles. The van der Waals surface area contributed by atoms with Crippen LogP contribution in [0.5, 0.6) is 11.5 Å². The predicted molar refractivity (Wildman–Crippen MR) is 121 cm³/mol. The number of ether oxygens (including phenoxy) is 3. The van der Waals surface area contributed by atoms with Crippen molar-refractivity contribution in [3.8, 4) is 11.5 Å². The minimum atomic E-state index is -3.53. The summed E-state index contributed by atoms with van der Waals surface area (Å²) >= 11 is 0. The zero-order valence-electron chi connectivity index (χ0n) is 18.5. The second-order valence-corrected chi connectivity index (χ2v) is 9.27. The lowest BCUT2D eigenvalue weighted by atomic mass is 10.2. The van der Waals surface area contributed by atoms with E-state index in [2.05, 4.69) is 5.32 Å². The molecular formula is C22H29N3O6S. The molecule has 1 fully saturated rings. The maximum atomic E-state index is 12.7. The number of likely N-dealkylation sites (N-methyl/N-ethyl adjacent to an activating group) is 1. The first-order valence-electron chi connectivity index (χ1n) is 10.2. The third kappa shape index (κ3) is 5.70. The molecule has 32 heavy (non-hydrogen) atoms. The molecule has 1 aliphatic rings. The fraction of sp³-hybridized carbons (Fsp3) is 0.409. The van der Waals surface area contributed by atoms with Crippen molar-refractivity contribution in [2.24, 2.45) is 0 Å². The number of hydrogen-bond acceptors (Lipinski definition) is 7. The summed E-state index contributed by atoms with van der Waals surface area (Å²) in [6.45, 7) is 1.97. The minimum absolute atomic E-state index is 0.152. The Morgan fingerprint density at radius 2 is 1.72 bits per heavy atom. The number of nitrogens with zero attached hydrogens (tertiary/aromatic N) is 2. The Morgan fingerprint density at radius 1 is 1.06 bits per heavy atom. The first-order valence-corrected chi connectivity index (χ1v) is 11.7. The standard InChI is InChI=1S/C22H29N3O6S/c1-24(18-6-9-20(29-2)21(14-18)30-3)16-22(26)23-15-17-4-7-19(8-5-17)32(27,28)25-10-12-31-13-11-25/h4-9,14H,10-13,15-16H2,1-3H3,(H,23,26). The molecule has 1 aliphatic heterocycles. The van der Waals surface area contributed by atoms with E-state index in [0.717, 1.165) is 11.3 Å². The van der Waals surface area contributed by atoms with E-state index < -0.39 is 10.0 Å². The molecule has 0 atom stereocenters. The van der Waals surface area contributed by atoms with Crippen LogP contribution >= 0.6 is 0 Å². The van der Waals surface area contributed by atoms with E-state index in [1.165, 1.54) is 4.31 Å². The molecule has 0 bridgehead atoms. The van der Waals surface area contributed by atoms with Gasteiger partial charge in [-0.15, -0.1) is 0 Å². The van der Waals surface area contributed by atoms with Gasteiger partial charge in [0.05, 0.1) is 38.9 Å². The van der Waals surface area contributed by atoms with Gasteiger partial charge in [-0.25, -0.2) is 8.42 Å². The average molecular weight is 464 g/mol. The van der Waals surface area contributed by atoms with Crippen LogP contribution in [0.1, 0.15) is 5.56 Å². The molecule has 1 N–H and O–H groups in total. The van der Waals surface area contributed by atoms with Crippen LogP contribution in [-0.2, 0) is 26.1 Å². The van der Waals surface area contributed by atoms with E-state index in [0.29, 0.717) is 44.3 Å². The number of rotatable bonds is 9. The Balaban J connectivity index is 1.54. The van der Waals surface area contributed by atoms with Gasteiger partial charge in [0.1, 0.15) is 0 Å². The van der Waals surface area contributed by atoms with Crippen LogP contribution in [0.25, 0.3) is 0 Å². The Hall–Kier alpha value is -2.82. The van der Waals surface area contributed by atoms with Crippen molar-refractivity contribution in [2.45, 2.75) is 11.4 Å². The van der Waals surface area contributed by atoms with Crippen LogP contribution < -0.4 is 19.7 Å². The molecule has 0 aliphatic carbocycles. The van der Waals surface area contributed by atoms with Crippen molar-refractivity contribution < 1.29 is 27.4 Å². The molecule has 2 aromatic rings. The number of nitrogens with one attached hydrogen (secondary N) is 1. The number of methoxy groups -OCH3 is 2. The van der Waals surface area contributed by atoms with Crippen molar-refractivity contribution in [1.82, 2.24) is 9.62 Å². The van der Waals surface area contributed by atoms with Gasteiger partial charge in [-0.1, -0.05) is 12.1 Å². The largest absolute Gasteiger partial charge is 0.493 e. The topological polar surface area (TPSA) is 97.4 Å². The summed E-state index contributed by atoms with van der Waals surface area (Å²) in [7, 11) is 1.41. The molecule has 1 saturated heterocycles. The predicted octanol–water partition coefficient (Wildman–Crippen LogP) is 1.48. The highest BCUT2D eigenvalue weighted by molar-refractivity contribution is 7.89. The van der Waals surface area contributed by atoms with E-state index in [9.17, 15) is 13.2 Å². The van der Waals surface area contributed by atoms with Gasteiger partial charge in [0.25, 0.3) is 0 Å². The number of carbonyl (C=O) groups is 1. The van der Waals surface area contributed by atoms with Crippen LogP contribution in [0.15, 0.2) is 47.4 Å². The molecule has 0 unspecified atom stereocenters. The zero-order chi connectivity index (χ0) is 23.1. The maximum Gasteiger partial charge on any atom is 0.243 e. The number of morpholine rings is 1. The molecule has 1 heterocycles. The molecule has 0 radical (unpaired) electrons. The molecule has 3 rings (SSSR count). The smallest absolute Gasteiger partial charge is 0.243 e. The Morgan fingerprint density at radius 3 is 2.34 bits per heavy atom. The van der Waals surface area contributed by atoms with Crippen LogP contribution in [0.4, 0.5) is 5.69 Å². The molecule has 0 spiro atoms. The van der Waals surface area contributed by atoms with E-state index >= 15 is 0 Å². The lowest BCUT2D eigenvalue weighted by molar-refractivity contribution is -0.119. The third-order valence-electron chi connectivity index (χ3n) is 5.21. The lowest BCUT2D eigenvalue weighted by Crippen LogP contribution is -2.40. The van der Waals surface area contributed by atoms with E-state index in [4.69, 9.17) is 14.2 Å². The monoisotopic (exact) mass is 463 g/mol. The van der Waals surface area contributed by atoms with Gasteiger partial charge in [-0.2, -0.15) is 4.31 Å². The minimum Gasteiger partial charge on any atom is -0.493 e. The Labute approximate surface area is 188 Å². The van der Waals surface area contributed by atoms with Crippen molar-refractivity contribution in [2.75, 3.05) is 59.0 Å². The highest BCUT2D eigenvalue weighted by Gasteiger charge is 2.26. The summed E-state index contributed by atoms with van der Waals surface area (Å²) in [4.78, 5) is 14.4. The van der Waals surface area contributed by atoms with Crippen LogP contribution in [0.3, 0.4) is 0 Å². The number of benzene rings is 2. The molecule has 174 valence electrons. The molecular weight excluding hydrogens is 434 g/mol. The SMILES string of the molecule is COc1ccc(N(C)CC(=O)NCc2ccc(S(=O)(=O)N3CCOCC3)cc2)cc1OC. The summed E-state index contributed by atoms with van der Waals surface area (Å²) in [5.74, 6) is 1.05. The molecule has 0 aromatic heterocycles. The lowest BCUT2D eigenvalue weighted by Gasteiger charge is -2.26. The Kier molecular flexibility index (Phi) is 7.94. The van der Waals surface area contributed by atoms with E-state index in [1.807, 2.05) is 13.1 Å². The highest BCUT2D eigenvalue weighted by Crippen LogP contribution is 2.31. The van der Waals surface area contributed by atoms with Crippen LogP contribution in [0.2, 0.25) is 0 Å². The number of amides is 1. The van der Waals surface area contributed by atoms with Gasteiger partial charge in [0.15, 0.2) is 11.5 Å². The fourth-order valence-corrected chi connectivity index (χ4v) is 4.75. The van der Waals surface area contributed by atoms with Crippen LogP contribution in [0, 0.1) is 0 Å². The average Bonchev–Trinajstić information content (AvgIpc) is 2.83. The van der Waals surface area contributed by atoms with E-state index in [-0.39, 0.29) is 17.3 Å². The second-order valence-electron chi connectivity index (χ2n) is 7.33. The van der Waals surface area contributed by atoms with Crippen LogP contribution in [-0.4, -0.2) is 72.7 Å². The normalized spacial score (nSPS) is 14.6. The van der Waals surface area contributed by atoms with Gasteiger partial charge in [0, 0.05) is 38.4 Å². The van der Waals surface area contributed by atoms with Crippen molar-refractivity contribution in [3.05, 3.63) is 48.0 Å². The fourth-order valence-electron chi connectivity index (χ4n) is 3.34. The summed E-state index contributed by atoms with van der Waals surface area (Å²) in [6, 6.07) is 12.0. The third-order valence-corrected chi connectivity index (χ3v) is 7.12. The summed E-state index contributed by atoms with van der Waals surface area (Å²) < 4.78 is 42.6. The van der Waals surface area contributed by atoms with Gasteiger partial charge in [0.2, 0.25) is 15.9 Å². The number of sulfonamides is 1. The molecule has 10 heteroatoms. The highest BCUT2D eigenvalue weighted by atomic mass is 32.2. The summed E-state index contributed by atoms with van der Waals surface area (Å²) in [5.41, 5.74) is 1.63. The maximum absolute atomic E-state index is 12.7. The summed E-state index contributed by atoms with van der Waals surface area (Å²) in [6.07, 6.45) is 0. The van der Waals surface area contributed by atoms with Crippen molar-refractivity contribution >= 4 is 21.6 Å². The zero-order valence-corrected chi connectivity index (χ0v) is 19.4. The van der Waals surface area contributed by atoms with Crippen molar-refractivity contribution in [1.29, 1.82) is 0 Å². The number of anilines is 1. The first kappa shape index (κ1) is 23.8. The summed E-state index contributed by atoms with van der Waals surface area (Å²) in [5, 5.41) is 2.86.